The summed E-state index contributed by atoms with van der Waals surface area (Å²) in [6, 6.07) is 9.79. The molecule has 2 aromatic carbocycles. The highest BCUT2D eigenvalue weighted by Gasteiger charge is 2.20. The van der Waals surface area contributed by atoms with E-state index in [1.165, 1.54) is 12.1 Å². The summed E-state index contributed by atoms with van der Waals surface area (Å²) in [5.74, 6) is 0.327. The van der Waals surface area contributed by atoms with E-state index in [1.54, 1.807) is 37.4 Å². The van der Waals surface area contributed by atoms with E-state index in [0.717, 1.165) is 17.4 Å². The fraction of sp³-hybridized carbons (Fsp3) is 0.227. The lowest BCUT2D eigenvalue weighted by Crippen LogP contribution is -2.27. The number of alkyl halides is 2. The highest BCUT2D eigenvalue weighted by Crippen LogP contribution is 2.21. The molecule has 6 nitrogen and oxygen atoms in total. The molecular formula is C22H20F2N3O3P. The van der Waals surface area contributed by atoms with Crippen molar-refractivity contribution in [3.05, 3.63) is 75.1 Å². The minimum absolute atomic E-state index is 0.0478. The largest absolute Gasteiger partial charge is 0.342 e. The van der Waals surface area contributed by atoms with E-state index in [0.29, 0.717) is 34.2 Å². The second kappa shape index (κ2) is 8.65. The number of carbonyl (C=O) groups excluding carboxylic acids is 1. The van der Waals surface area contributed by atoms with Crippen molar-refractivity contribution in [1.82, 2.24) is 10.0 Å². The van der Waals surface area contributed by atoms with Gasteiger partial charge in [0.1, 0.15) is 6.29 Å². The lowest BCUT2D eigenvalue weighted by molar-refractivity contribution is -0.107. The number of aldehydes is 1. The van der Waals surface area contributed by atoms with Crippen molar-refractivity contribution >= 4 is 37.6 Å². The molecule has 0 fully saturated rings. The van der Waals surface area contributed by atoms with Gasteiger partial charge in [0, 0.05) is 30.1 Å². The molecule has 2 atom stereocenters. The highest BCUT2D eigenvalue weighted by molar-refractivity contribution is 7.27. The molecule has 2 heterocycles. The summed E-state index contributed by atoms with van der Waals surface area (Å²) in [6.45, 7) is 2.09. The van der Waals surface area contributed by atoms with Crippen molar-refractivity contribution in [1.29, 1.82) is 0 Å². The minimum Gasteiger partial charge on any atom is -0.342 e. The fourth-order valence-electron chi connectivity index (χ4n) is 3.54. The monoisotopic (exact) mass is 443 g/mol. The molecule has 1 aromatic heterocycles. The zero-order valence-corrected chi connectivity index (χ0v) is 17.8. The average Bonchev–Trinajstić information content (AvgIpc) is 3.17. The number of rotatable bonds is 6. The predicted molar refractivity (Wildman–Crippen MR) is 118 cm³/mol. The van der Waals surface area contributed by atoms with Gasteiger partial charge in [-0.3, -0.25) is 4.79 Å². The number of carbonyl (C=O) groups is 1. The number of nitrogens with one attached hydrogen (secondary N) is 1. The van der Waals surface area contributed by atoms with Crippen molar-refractivity contribution in [3.63, 3.8) is 0 Å². The van der Waals surface area contributed by atoms with Gasteiger partial charge in [-0.05, 0) is 41.6 Å². The van der Waals surface area contributed by atoms with Crippen LogP contribution in [0.25, 0.3) is 10.9 Å². The van der Waals surface area contributed by atoms with Gasteiger partial charge in [-0.25, -0.2) is 24.1 Å². The Hall–Kier alpha value is -2.96. The quantitative estimate of drug-likeness (QED) is 0.470. The Kier molecular flexibility index (Phi) is 5.94. The number of hydrogen-bond donors (Lipinski definition) is 1. The van der Waals surface area contributed by atoms with E-state index in [9.17, 15) is 18.4 Å². The molecule has 4 rings (SSSR count). The van der Waals surface area contributed by atoms with E-state index in [-0.39, 0.29) is 17.4 Å². The third-order valence-electron chi connectivity index (χ3n) is 5.12. The molecule has 0 aliphatic carbocycles. The number of benzene rings is 2. The number of pyridine rings is 1. The van der Waals surface area contributed by atoms with Crippen LogP contribution in [0, 0.1) is 0 Å². The molecule has 0 spiro atoms. The Morgan fingerprint density at radius 3 is 2.74 bits per heavy atom. The highest BCUT2D eigenvalue weighted by atomic mass is 31.0. The summed E-state index contributed by atoms with van der Waals surface area (Å²) >= 11 is 0. The molecule has 0 saturated heterocycles. The molecule has 3 aromatic rings. The summed E-state index contributed by atoms with van der Waals surface area (Å²) < 4.78 is 27.9. The van der Waals surface area contributed by atoms with Crippen LogP contribution in [0.1, 0.15) is 35.6 Å². The van der Waals surface area contributed by atoms with Gasteiger partial charge in [0.25, 0.3) is 6.43 Å². The second-order valence-corrected chi connectivity index (χ2v) is 7.90. The van der Waals surface area contributed by atoms with Crippen molar-refractivity contribution < 1.29 is 18.4 Å². The zero-order valence-electron chi connectivity index (χ0n) is 16.6. The number of hydroxylamine groups is 1. The maximum Gasteiger partial charge on any atom is 0.263 e. The van der Waals surface area contributed by atoms with Crippen LogP contribution >= 0.6 is 9.24 Å². The number of amidine groups is 1. The molecular weight excluding hydrogens is 423 g/mol. The smallest absolute Gasteiger partial charge is 0.263 e. The van der Waals surface area contributed by atoms with Crippen LogP contribution < -0.4 is 16.2 Å². The number of halogens is 2. The Morgan fingerprint density at radius 2 is 2.10 bits per heavy atom. The zero-order chi connectivity index (χ0) is 22.1. The number of nitrogens with zero attached hydrogens (tertiary/aromatic N) is 2. The van der Waals surface area contributed by atoms with Gasteiger partial charge in [0.05, 0.1) is 11.1 Å². The standard InChI is InChI=1S/C22H20F2N3O3P/c1-12-25-22(26-30-12)17-11-27(10-15-4-3-14(21(23)24)9-19(15)31)18-5-2-13(6-7-28)8-16(18)20(17)29/h2-5,7-9,11-12,21H,6,10,31H2,1H3,(H,25,26). The van der Waals surface area contributed by atoms with E-state index in [2.05, 4.69) is 19.7 Å². The third kappa shape index (κ3) is 4.27. The lowest BCUT2D eigenvalue weighted by atomic mass is 10.0. The lowest BCUT2D eigenvalue weighted by Gasteiger charge is -2.16. The first-order valence-corrected chi connectivity index (χ1v) is 10.2. The van der Waals surface area contributed by atoms with Crippen LogP contribution in [0.5, 0.6) is 0 Å². The summed E-state index contributed by atoms with van der Waals surface area (Å²) in [6.07, 6.45) is -0.308. The van der Waals surface area contributed by atoms with Gasteiger partial charge in [-0.1, -0.05) is 18.2 Å². The van der Waals surface area contributed by atoms with Gasteiger partial charge in [0.15, 0.2) is 17.5 Å². The fourth-order valence-corrected chi connectivity index (χ4v) is 3.92. The summed E-state index contributed by atoms with van der Waals surface area (Å²) in [4.78, 5) is 33.7. The molecule has 9 heteroatoms. The predicted octanol–water partition coefficient (Wildman–Crippen LogP) is 2.86. The Labute approximate surface area is 179 Å². The molecule has 160 valence electrons. The number of fused-ring (bicyclic) bond motifs is 1. The maximum atomic E-state index is 13.2. The van der Waals surface area contributed by atoms with Crippen molar-refractivity contribution in [2.75, 3.05) is 0 Å². The molecule has 0 bridgehead atoms. The van der Waals surface area contributed by atoms with Crippen LogP contribution in [0.3, 0.4) is 0 Å². The van der Waals surface area contributed by atoms with E-state index >= 15 is 0 Å². The normalized spacial score (nSPS) is 15.9. The van der Waals surface area contributed by atoms with Crippen LogP contribution in [0.4, 0.5) is 8.78 Å². The average molecular weight is 443 g/mol. The van der Waals surface area contributed by atoms with Crippen LogP contribution in [0.2, 0.25) is 0 Å². The van der Waals surface area contributed by atoms with Gasteiger partial charge in [0.2, 0.25) is 0 Å². The van der Waals surface area contributed by atoms with E-state index in [4.69, 9.17) is 4.84 Å². The number of aliphatic imine (C=N–C) groups is 1. The summed E-state index contributed by atoms with van der Waals surface area (Å²) in [7, 11) is 2.49. The first-order valence-electron chi connectivity index (χ1n) is 9.63. The van der Waals surface area contributed by atoms with Crippen LogP contribution in [-0.2, 0) is 22.6 Å². The van der Waals surface area contributed by atoms with Gasteiger partial charge in [-0.2, -0.15) is 0 Å². The third-order valence-corrected chi connectivity index (χ3v) is 5.66. The van der Waals surface area contributed by atoms with Gasteiger partial charge >= 0.3 is 0 Å². The summed E-state index contributed by atoms with van der Waals surface area (Å²) in [5, 5.41) is 1.09. The SMILES string of the molecule is CC1N=C(c2cn(Cc3ccc(C(F)F)cc3P)c3ccc(CC=O)cc3c2=O)NO1. The van der Waals surface area contributed by atoms with Crippen LogP contribution in [0.15, 0.2) is 52.4 Å². The molecule has 0 saturated carbocycles. The van der Waals surface area contributed by atoms with E-state index in [1.807, 2.05) is 4.57 Å². The Bertz CT molecular complexity index is 1260. The van der Waals surface area contributed by atoms with Crippen molar-refractivity contribution in [2.45, 2.75) is 32.5 Å². The molecule has 2 unspecified atom stereocenters. The van der Waals surface area contributed by atoms with Crippen molar-refractivity contribution in [2.24, 2.45) is 4.99 Å². The van der Waals surface area contributed by atoms with E-state index < -0.39 is 12.7 Å². The molecule has 1 aliphatic heterocycles. The Morgan fingerprint density at radius 1 is 1.29 bits per heavy atom. The first kappa shape index (κ1) is 21.3. The van der Waals surface area contributed by atoms with Crippen molar-refractivity contribution in [3.8, 4) is 0 Å². The first-order chi connectivity index (χ1) is 14.9. The maximum absolute atomic E-state index is 13.2. The molecule has 1 aliphatic rings. The number of aromatic nitrogens is 1. The number of hydrogen-bond acceptors (Lipinski definition) is 5. The molecule has 0 amide bonds. The minimum atomic E-state index is -2.54. The van der Waals surface area contributed by atoms with Gasteiger partial charge < -0.3 is 9.36 Å². The Balaban J connectivity index is 1.87. The second-order valence-electron chi connectivity index (χ2n) is 7.28. The van der Waals surface area contributed by atoms with Gasteiger partial charge in [-0.15, -0.1) is 9.24 Å². The summed E-state index contributed by atoms with van der Waals surface area (Å²) in [5.41, 5.74) is 4.93. The van der Waals surface area contributed by atoms with Crippen LogP contribution in [-0.4, -0.2) is 22.9 Å². The molecule has 31 heavy (non-hydrogen) atoms. The topological polar surface area (TPSA) is 72.7 Å². The molecule has 0 radical (unpaired) electrons. The molecule has 1 N–H and O–H groups in total.